The molecule has 1 amide bonds. The van der Waals surface area contributed by atoms with Crippen molar-refractivity contribution < 1.29 is 13.6 Å². The van der Waals surface area contributed by atoms with Gasteiger partial charge < -0.3 is 15.3 Å². The second-order valence-corrected chi connectivity index (χ2v) is 5.40. The van der Waals surface area contributed by atoms with Gasteiger partial charge in [0.1, 0.15) is 0 Å². The predicted octanol–water partition coefficient (Wildman–Crippen LogP) is 2.02. The summed E-state index contributed by atoms with van der Waals surface area (Å²) in [6.07, 6.45) is 0.811. The lowest BCUT2D eigenvalue weighted by molar-refractivity contribution is -0.0352. The minimum Gasteiger partial charge on any atom is -0.352 e. The van der Waals surface area contributed by atoms with Crippen molar-refractivity contribution >= 4 is 16.9 Å². The second-order valence-electron chi connectivity index (χ2n) is 5.40. The van der Waals surface area contributed by atoms with Gasteiger partial charge in [0.2, 0.25) is 0 Å². The smallest absolute Gasteiger partial charge is 0.323 e. The maximum Gasteiger partial charge on any atom is 0.323 e. The summed E-state index contributed by atoms with van der Waals surface area (Å²) >= 11 is 0. The van der Waals surface area contributed by atoms with E-state index < -0.39 is 17.7 Å². The maximum absolute atomic E-state index is 13.5. The molecule has 1 aromatic carbocycles. The number of aromatic amines is 2. The zero-order chi connectivity index (χ0) is 15.0. The number of hydrogen-bond donors (Lipinski definition) is 3. The molecule has 1 aromatic heterocycles. The highest BCUT2D eigenvalue weighted by Crippen LogP contribution is 2.39. The molecular formula is C14H15F2N3O2. The third-order valence-corrected chi connectivity index (χ3v) is 3.95. The topological polar surface area (TPSA) is 77.8 Å². The van der Waals surface area contributed by atoms with Gasteiger partial charge in [0.05, 0.1) is 11.0 Å². The third kappa shape index (κ3) is 2.68. The largest absolute Gasteiger partial charge is 0.352 e. The Morgan fingerprint density at radius 2 is 2.10 bits per heavy atom. The van der Waals surface area contributed by atoms with Crippen molar-refractivity contribution in [1.29, 1.82) is 0 Å². The van der Waals surface area contributed by atoms with E-state index in [9.17, 15) is 18.4 Å². The Labute approximate surface area is 118 Å². The van der Waals surface area contributed by atoms with E-state index in [1.165, 1.54) is 6.07 Å². The van der Waals surface area contributed by atoms with Crippen molar-refractivity contribution in [3.05, 3.63) is 34.2 Å². The van der Waals surface area contributed by atoms with Crippen molar-refractivity contribution in [2.45, 2.75) is 25.2 Å². The van der Waals surface area contributed by atoms with Gasteiger partial charge in [-0.05, 0) is 31.0 Å². The highest BCUT2D eigenvalue weighted by molar-refractivity contribution is 5.97. The molecule has 0 unspecified atom stereocenters. The molecule has 0 bridgehead atoms. The monoisotopic (exact) mass is 295 g/mol. The van der Waals surface area contributed by atoms with Crippen LogP contribution in [0.4, 0.5) is 8.78 Å². The lowest BCUT2D eigenvalue weighted by Gasteiger charge is -2.19. The van der Waals surface area contributed by atoms with Crippen LogP contribution in [-0.2, 0) is 0 Å². The lowest BCUT2D eigenvalue weighted by Crippen LogP contribution is -2.35. The van der Waals surface area contributed by atoms with E-state index in [1.807, 2.05) is 0 Å². The molecule has 0 saturated heterocycles. The summed E-state index contributed by atoms with van der Waals surface area (Å²) in [5.41, 5.74) is 1.09. The zero-order valence-corrected chi connectivity index (χ0v) is 11.2. The molecule has 1 saturated carbocycles. The van der Waals surface area contributed by atoms with Gasteiger partial charge in [-0.1, -0.05) is 0 Å². The lowest BCUT2D eigenvalue weighted by atomic mass is 10.1. The molecule has 1 atom stereocenters. The molecule has 1 heterocycles. The van der Waals surface area contributed by atoms with E-state index in [0.717, 1.165) is 0 Å². The van der Waals surface area contributed by atoms with E-state index in [0.29, 0.717) is 29.4 Å². The van der Waals surface area contributed by atoms with Crippen LogP contribution >= 0.6 is 0 Å². The summed E-state index contributed by atoms with van der Waals surface area (Å²) in [5, 5.41) is 2.55. The van der Waals surface area contributed by atoms with Crippen LogP contribution in [0.2, 0.25) is 0 Å². The first-order valence-electron chi connectivity index (χ1n) is 6.84. The first kappa shape index (κ1) is 13.8. The van der Waals surface area contributed by atoms with Crippen LogP contribution in [0.3, 0.4) is 0 Å². The van der Waals surface area contributed by atoms with Gasteiger partial charge in [-0.15, -0.1) is 0 Å². The van der Waals surface area contributed by atoms with Crippen LogP contribution < -0.4 is 11.0 Å². The summed E-state index contributed by atoms with van der Waals surface area (Å²) in [6.45, 7) is -0.0342. The average molecular weight is 295 g/mol. The number of imidazole rings is 1. The van der Waals surface area contributed by atoms with E-state index >= 15 is 0 Å². The molecule has 21 heavy (non-hydrogen) atoms. The van der Waals surface area contributed by atoms with Crippen molar-refractivity contribution in [1.82, 2.24) is 15.3 Å². The Balaban J connectivity index is 1.70. The standard InChI is InChI=1S/C14H15F2N3O2/c15-14(16)5-1-2-9(14)7-17-12(20)8-3-4-10-11(6-8)19-13(21)18-10/h3-4,6,9H,1-2,5,7H2,(H,17,20)(H2,18,19,21)/t9-/m1/s1. The van der Waals surface area contributed by atoms with Crippen LogP contribution in [0.1, 0.15) is 29.6 Å². The molecule has 0 aliphatic heterocycles. The maximum atomic E-state index is 13.5. The highest BCUT2D eigenvalue weighted by Gasteiger charge is 2.43. The Morgan fingerprint density at radius 1 is 1.33 bits per heavy atom. The van der Waals surface area contributed by atoms with Crippen LogP contribution in [0.5, 0.6) is 0 Å². The SMILES string of the molecule is O=C(NC[C@H]1CCCC1(F)F)c1ccc2[nH]c(=O)[nH]c2c1. The Kier molecular flexibility index (Phi) is 3.27. The first-order chi connectivity index (χ1) is 9.95. The fraction of sp³-hybridized carbons (Fsp3) is 0.429. The summed E-state index contributed by atoms with van der Waals surface area (Å²) in [6, 6.07) is 4.68. The Morgan fingerprint density at radius 3 is 2.81 bits per heavy atom. The number of nitrogens with one attached hydrogen (secondary N) is 3. The van der Waals surface area contributed by atoms with Gasteiger partial charge in [0.15, 0.2) is 0 Å². The fourth-order valence-corrected chi connectivity index (χ4v) is 2.74. The number of amides is 1. The van der Waals surface area contributed by atoms with Crippen LogP contribution in [-0.4, -0.2) is 28.3 Å². The summed E-state index contributed by atoms with van der Waals surface area (Å²) < 4.78 is 27.0. The van der Waals surface area contributed by atoms with Gasteiger partial charge in [0, 0.05) is 24.4 Å². The molecule has 112 valence electrons. The molecule has 2 aromatic rings. The molecule has 0 spiro atoms. The number of alkyl halides is 2. The van der Waals surface area contributed by atoms with Gasteiger partial charge in [-0.3, -0.25) is 4.79 Å². The predicted molar refractivity (Wildman–Crippen MR) is 73.5 cm³/mol. The molecule has 3 rings (SSSR count). The summed E-state index contributed by atoms with van der Waals surface area (Å²) in [4.78, 5) is 28.3. The van der Waals surface area contributed by atoms with Crippen LogP contribution in [0, 0.1) is 5.92 Å². The Bertz CT molecular complexity index is 735. The van der Waals surface area contributed by atoms with Crippen molar-refractivity contribution in [3.8, 4) is 0 Å². The zero-order valence-electron chi connectivity index (χ0n) is 11.2. The number of halogens is 2. The van der Waals surface area contributed by atoms with E-state index in [2.05, 4.69) is 15.3 Å². The van der Waals surface area contributed by atoms with Crippen LogP contribution in [0.15, 0.2) is 23.0 Å². The van der Waals surface area contributed by atoms with Gasteiger partial charge >= 0.3 is 5.69 Å². The molecule has 0 radical (unpaired) electrons. The van der Waals surface area contributed by atoms with Crippen molar-refractivity contribution in [2.75, 3.05) is 6.54 Å². The van der Waals surface area contributed by atoms with Gasteiger partial charge in [0.25, 0.3) is 11.8 Å². The fourth-order valence-electron chi connectivity index (χ4n) is 2.74. The molecule has 5 nitrogen and oxygen atoms in total. The number of fused-ring (bicyclic) bond motifs is 1. The normalized spacial score (nSPS) is 20.8. The highest BCUT2D eigenvalue weighted by atomic mass is 19.3. The van der Waals surface area contributed by atoms with Crippen molar-refractivity contribution in [2.24, 2.45) is 5.92 Å². The van der Waals surface area contributed by atoms with Crippen molar-refractivity contribution in [3.63, 3.8) is 0 Å². The summed E-state index contributed by atoms with van der Waals surface area (Å²) in [5.74, 6) is -3.90. The van der Waals surface area contributed by atoms with E-state index in [1.54, 1.807) is 12.1 Å². The molecular weight excluding hydrogens is 280 g/mol. The Hall–Kier alpha value is -2.18. The quantitative estimate of drug-likeness (QED) is 0.810. The first-order valence-corrected chi connectivity index (χ1v) is 6.84. The molecule has 3 N–H and O–H groups in total. The average Bonchev–Trinajstić information content (AvgIpc) is 2.96. The second kappa shape index (κ2) is 4.98. The number of hydrogen-bond acceptors (Lipinski definition) is 2. The number of benzene rings is 1. The van der Waals surface area contributed by atoms with Crippen LogP contribution in [0.25, 0.3) is 11.0 Å². The third-order valence-electron chi connectivity index (χ3n) is 3.95. The molecule has 1 aliphatic rings. The summed E-state index contributed by atoms with van der Waals surface area (Å²) in [7, 11) is 0. The van der Waals surface area contributed by atoms with E-state index in [-0.39, 0.29) is 18.7 Å². The molecule has 1 aliphatic carbocycles. The van der Waals surface area contributed by atoms with Gasteiger partial charge in [-0.2, -0.15) is 0 Å². The van der Waals surface area contributed by atoms with E-state index in [4.69, 9.17) is 0 Å². The number of carbonyl (C=O) groups is 1. The number of H-pyrrole nitrogens is 2. The van der Waals surface area contributed by atoms with Gasteiger partial charge in [-0.25, -0.2) is 13.6 Å². The number of aromatic nitrogens is 2. The minimum atomic E-state index is -2.69. The molecule has 1 fully saturated rings. The minimum absolute atomic E-state index is 0.0342. The number of rotatable bonds is 3. The molecule has 7 heteroatoms. The number of carbonyl (C=O) groups excluding carboxylic acids is 1.